The van der Waals surface area contributed by atoms with Gasteiger partial charge < -0.3 is 11.1 Å². The number of thiazole rings is 1. The molecule has 3 N–H and O–H groups in total. The van der Waals surface area contributed by atoms with Gasteiger partial charge in [0.1, 0.15) is 0 Å². The second-order valence-corrected chi connectivity index (χ2v) is 5.26. The van der Waals surface area contributed by atoms with Crippen LogP contribution in [0, 0.1) is 0 Å². The van der Waals surface area contributed by atoms with Gasteiger partial charge in [-0.05, 0) is 18.2 Å². The monoisotopic (exact) mass is 301 g/mol. The molecule has 4 nitrogen and oxygen atoms in total. The number of hydrogen-bond acceptors (Lipinski definition) is 4. The van der Waals surface area contributed by atoms with Crippen LogP contribution in [0.4, 0.5) is 10.8 Å². The fraction of sp³-hybridized carbons (Fsp3) is 0.0909. The molecule has 0 bridgehead atoms. The van der Waals surface area contributed by atoms with Crippen LogP contribution in [0.5, 0.6) is 0 Å². The minimum absolute atomic E-state index is 0.159. The molecule has 1 aromatic heterocycles. The van der Waals surface area contributed by atoms with Crippen molar-refractivity contribution in [1.82, 2.24) is 4.98 Å². The summed E-state index contributed by atoms with van der Waals surface area (Å²) in [5.41, 5.74) is 6.65. The molecule has 7 heteroatoms. The lowest BCUT2D eigenvalue weighted by Gasteiger charge is -2.06. The number of benzene rings is 1. The Labute approximate surface area is 118 Å². The topological polar surface area (TPSA) is 68.0 Å². The zero-order valence-electron chi connectivity index (χ0n) is 9.11. The number of amides is 1. The number of nitrogens with zero attached hydrogens (tertiary/aromatic N) is 1. The molecule has 0 saturated heterocycles. The van der Waals surface area contributed by atoms with Crippen LogP contribution in [0.15, 0.2) is 23.6 Å². The summed E-state index contributed by atoms with van der Waals surface area (Å²) in [6.07, 6.45) is 0.159. The first-order valence-corrected chi connectivity index (χ1v) is 6.63. The van der Waals surface area contributed by atoms with E-state index >= 15 is 0 Å². The summed E-state index contributed by atoms with van der Waals surface area (Å²) in [6, 6.07) is 4.88. The molecule has 0 radical (unpaired) electrons. The zero-order chi connectivity index (χ0) is 13.1. The van der Waals surface area contributed by atoms with Gasteiger partial charge >= 0.3 is 0 Å². The molecule has 0 aliphatic carbocycles. The third-order valence-electron chi connectivity index (χ3n) is 2.12. The largest absolute Gasteiger partial charge is 0.375 e. The highest BCUT2D eigenvalue weighted by atomic mass is 35.5. The normalized spacial score (nSPS) is 10.3. The van der Waals surface area contributed by atoms with Gasteiger partial charge in [-0.15, -0.1) is 11.3 Å². The summed E-state index contributed by atoms with van der Waals surface area (Å²) in [6.45, 7) is 0. The van der Waals surface area contributed by atoms with Crippen LogP contribution in [0.25, 0.3) is 0 Å². The average Bonchev–Trinajstić information content (AvgIpc) is 2.68. The van der Waals surface area contributed by atoms with E-state index in [4.69, 9.17) is 28.9 Å². The molecule has 0 spiro atoms. The Hall–Kier alpha value is -1.30. The molecule has 0 aliphatic heterocycles. The number of anilines is 2. The number of aromatic nitrogens is 1. The number of rotatable bonds is 3. The van der Waals surface area contributed by atoms with Gasteiger partial charge in [-0.1, -0.05) is 23.2 Å². The van der Waals surface area contributed by atoms with E-state index in [1.807, 2.05) is 0 Å². The van der Waals surface area contributed by atoms with Crippen LogP contribution in [-0.2, 0) is 11.2 Å². The minimum atomic E-state index is -0.204. The van der Waals surface area contributed by atoms with E-state index < -0.39 is 0 Å². The van der Waals surface area contributed by atoms with E-state index in [2.05, 4.69) is 10.3 Å². The van der Waals surface area contributed by atoms with Crippen molar-refractivity contribution < 1.29 is 4.79 Å². The molecule has 2 rings (SSSR count). The summed E-state index contributed by atoms with van der Waals surface area (Å²) in [5, 5.41) is 5.80. The molecule has 18 heavy (non-hydrogen) atoms. The number of nitrogens with one attached hydrogen (secondary N) is 1. The van der Waals surface area contributed by atoms with Crippen molar-refractivity contribution in [3.05, 3.63) is 39.3 Å². The molecule has 94 valence electrons. The summed E-state index contributed by atoms with van der Waals surface area (Å²) >= 11 is 13.0. The van der Waals surface area contributed by atoms with Crippen molar-refractivity contribution >= 4 is 51.3 Å². The molecule has 1 heterocycles. The Morgan fingerprint density at radius 2 is 2.22 bits per heavy atom. The van der Waals surface area contributed by atoms with Gasteiger partial charge in [-0.2, -0.15) is 0 Å². The maximum atomic E-state index is 11.7. The molecule has 0 fully saturated rings. The predicted octanol–water partition coefficient (Wildman–Crippen LogP) is 3.21. The van der Waals surface area contributed by atoms with Crippen LogP contribution >= 0.6 is 34.5 Å². The lowest BCUT2D eigenvalue weighted by atomic mass is 10.3. The van der Waals surface area contributed by atoms with Crippen molar-refractivity contribution in [2.75, 3.05) is 11.1 Å². The van der Waals surface area contributed by atoms with Gasteiger partial charge in [0.25, 0.3) is 0 Å². The maximum Gasteiger partial charge on any atom is 0.230 e. The second kappa shape index (κ2) is 5.56. The molecular weight excluding hydrogens is 293 g/mol. The summed E-state index contributed by atoms with van der Waals surface area (Å²) in [7, 11) is 0. The lowest BCUT2D eigenvalue weighted by molar-refractivity contribution is -0.115. The smallest absolute Gasteiger partial charge is 0.230 e. The first-order valence-electron chi connectivity index (χ1n) is 4.99. The van der Waals surface area contributed by atoms with Gasteiger partial charge in [-0.25, -0.2) is 4.98 Å². The molecule has 1 amide bonds. The van der Waals surface area contributed by atoms with Crippen LogP contribution in [-0.4, -0.2) is 10.9 Å². The van der Waals surface area contributed by atoms with E-state index in [-0.39, 0.29) is 12.3 Å². The number of nitrogens with two attached hydrogens (primary N) is 1. The van der Waals surface area contributed by atoms with E-state index in [0.717, 1.165) is 0 Å². The standard InChI is InChI=1S/C11H9Cl2N3OS/c12-6-1-2-9(8(13)3-6)16-10(17)4-7-5-18-11(14)15-7/h1-3,5H,4H2,(H2,14,15)(H,16,17). The fourth-order valence-corrected chi connectivity index (χ4v) is 2.37. The van der Waals surface area contributed by atoms with Gasteiger partial charge in [0, 0.05) is 10.4 Å². The van der Waals surface area contributed by atoms with Crippen LogP contribution in [0.3, 0.4) is 0 Å². The van der Waals surface area contributed by atoms with Gasteiger partial charge in [0.15, 0.2) is 5.13 Å². The predicted molar refractivity (Wildman–Crippen MR) is 75.3 cm³/mol. The Morgan fingerprint density at radius 1 is 1.44 bits per heavy atom. The van der Waals surface area contributed by atoms with Crippen molar-refractivity contribution in [3.8, 4) is 0 Å². The third kappa shape index (κ3) is 3.35. The van der Waals surface area contributed by atoms with Gasteiger partial charge in [0.2, 0.25) is 5.91 Å². The van der Waals surface area contributed by atoms with E-state index in [1.54, 1.807) is 23.6 Å². The van der Waals surface area contributed by atoms with Crippen LogP contribution < -0.4 is 11.1 Å². The molecule has 0 unspecified atom stereocenters. The van der Waals surface area contributed by atoms with Crippen LogP contribution in [0.1, 0.15) is 5.69 Å². The van der Waals surface area contributed by atoms with E-state index in [0.29, 0.717) is 26.6 Å². The number of hydrogen-bond donors (Lipinski definition) is 2. The number of carbonyl (C=O) groups excluding carboxylic acids is 1. The van der Waals surface area contributed by atoms with E-state index in [9.17, 15) is 4.79 Å². The van der Waals surface area contributed by atoms with Gasteiger partial charge in [-0.3, -0.25) is 4.79 Å². The molecular formula is C11H9Cl2N3OS. The Balaban J connectivity index is 2.03. The Bertz CT molecular complexity index is 585. The SMILES string of the molecule is Nc1nc(CC(=O)Nc2ccc(Cl)cc2Cl)cs1. The average molecular weight is 302 g/mol. The van der Waals surface area contributed by atoms with Crippen molar-refractivity contribution in [1.29, 1.82) is 0 Å². The van der Waals surface area contributed by atoms with Crippen molar-refractivity contribution in [2.45, 2.75) is 6.42 Å². The summed E-state index contributed by atoms with van der Waals surface area (Å²) in [4.78, 5) is 15.8. The highest BCUT2D eigenvalue weighted by molar-refractivity contribution is 7.13. The first-order chi connectivity index (χ1) is 8.54. The molecule has 0 atom stereocenters. The maximum absolute atomic E-state index is 11.7. The lowest BCUT2D eigenvalue weighted by Crippen LogP contribution is -2.14. The quantitative estimate of drug-likeness (QED) is 0.914. The first kappa shape index (κ1) is 13.1. The number of carbonyl (C=O) groups is 1. The molecule has 0 aliphatic rings. The zero-order valence-corrected chi connectivity index (χ0v) is 11.4. The fourth-order valence-electron chi connectivity index (χ4n) is 1.35. The Kier molecular flexibility index (Phi) is 4.06. The second-order valence-electron chi connectivity index (χ2n) is 3.53. The van der Waals surface area contributed by atoms with Crippen molar-refractivity contribution in [2.24, 2.45) is 0 Å². The highest BCUT2D eigenvalue weighted by Gasteiger charge is 2.09. The summed E-state index contributed by atoms with van der Waals surface area (Å²) < 4.78 is 0. The third-order valence-corrected chi connectivity index (χ3v) is 3.39. The minimum Gasteiger partial charge on any atom is -0.375 e. The number of halogens is 2. The summed E-state index contributed by atoms with van der Waals surface area (Å²) in [5.74, 6) is -0.204. The van der Waals surface area contributed by atoms with Crippen molar-refractivity contribution in [3.63, 3.8) is 0 Å². The van der Waals surface area contributed by atoms with Crippen LogP contribution in [0.2, 0.25) is 10.0 Å². The Morgan fingerprint density at radius 3 is 2.83 bits per heavy atom. The van der Waals surface area contributed by atoms with Gasteiger partial charge in [0.05, 0.1) is 22.8 Å². The number of nitrogen functional groups attached to an aromatic ring is 1. The highest BCUT2D eigenvalue weighted by Crippen LogP contribution is 2.25. The molecule has 1 aromatic carbocycles. The molecule has 2 aromatic rings. The van der Waals surface area contributed by atoms with E-state index in [1.165, 1.54) is 11.3 Å². The molecule has 0 saturated carbocycles.